The molecule has 2 rings (SSSR count). The van der Waals surface area contributed by atoms with Crippen molar-refractivity contribution < 1.29 is 0 Å². The zero-order valence-electron chi connectivity index (χ0n) is 10.0. The molecule has 82 valence electrons. The first-order valence-electron chi connectivity index (χ1n) is 5.70. The molecule has 0 unspecified atom stereocenters. The second-order valence-electron chi connectivity index (χ2n) is 5.67. The maximum atomic E-state index is 6.45. The smallest absolute Gasteiger partial charge is 0.0475 e. The van der Waals surface area contributed by atoms with Crippen LogP contribution in [0.1, 0.15) is 56.2 Å². The van der Waals surface area contributed by atoms with Gasteiger partial charge in [-0.3, -0.25) is 0 Å². The van der Waals surface area contributed by atoms with Crippen LogP contribution in [0.5, 0.6) is 0 Å². The topological polar surface area (TPSA) is 0 Å². The zero-order valence-corrected chi connectivity index (χ0v) is 10.8. The van der Waals surface area contributed by atoms with Gasteiger partial charge in [0.05, 0.1) is 0 Å². The maximum absolute atomic E-state index is 6.45. The lowest BCUT2D eigenvalue weighted by Crippen LogP contribution is -2.12. The molecular weight excluding hydrogens is 204 g/mol. The molecule has 0 atom stereocenters. The summed E-state index contributed by atoms with van der Waals surface area (Å²) in [7, 11) is 0. The first kappa shape index (κ1) is 11.0. The first-order valence-corrected chi connectivity index (χ1v) is 6.08. The highest BCUT2D eigenvalue weighted by atomic mass is 35.5. The molecule has 1 aromatic carbocycles. The predicted molar refractivity (Wildman–Crippen MR) is 66.9 cm³/mol. The summed E-state index contributed by atoms with van der Waals surface area (Å²) in [5, 5.41) is 0.979. The van der Waals surface area contributed by atoms with Crippen LogP contribution in [0.2, 0.25) is 5.02 Å². The second-order valence-corrected chi connectivity index (χ2v) is 6.04. The molecule has 0 amide bonds. The minimum absolute atomic E-state index is 0.143. The number of hydrogen-bond donors (Lipinski definition) is 0. The molecule has 0 aromatic heterocycles. The molecule has 0 aliphatic heterocycles. The third-order valence-corrected chi connectivity index (χ3v) is 3.74. The average Bonchev–Trinajstić information content (AvgIpc) is 2.90. The van der Waals surface area contributed by atoms with Crippen molar-refractivity contribution in [1.29, 1.82) is 0 Å². The fraction of sp³-hybridized carbons (Fsp3) is 0.571. The van der Waals surface area contributed by atoms with Gasteiger partial charge in [-0.05, 0) is 47.8 Å². The predicted octanol–water partition coefficient (Wildman–Crippen LogP) is 4.82. The molecule has 1 fully saturated rings. The van der Waals surface area contributed by atoms with E-state index in [9.17, 15) is 0 Å². The van der Waals surface area contributed by atoms with Crippen molar-refractivity contribution in [2.24, 2.45) is 0 Å². The van der Waals surface area contributed by atoms with Gasteiger partial charge in [-0.15, -0.1) is 0 Å². The van der Waals surface area contributed by atoms with E-state index in [0.29, 0.717) is 0 Å². The van der Waals surface area contributed by atoms with Gasteiger partial charge in [0.25, 0.3) is 0 Å². The van der Waals surface area contributed by atoms with Gasteiger partial charge in [-0.1, -0.05) is 44.5 Å². The monoisotopic (exact) mass is 222 g/mol. The van der Waals surface area contributed by atoms with E-state index >= 15 is 0 Å². The number of hydrogen-bond acceptors (Lipinski definition) is 0. The van der Waals surface area contributed by atoms with Crippen molar-refractivity contribution in [3.05, 3.63) is 33.8 Å². The van der Waals surface area contributed by atoms with Crippen molar-refractivity contribution in [1.82, 2.24) is 0 Å². The van der Waals surface area contributed by atoms with E-state index in [-0.39, 0.29) is 5.41 Å². The molecule has 0 saturated heterocycles. The number of rotatable bonds is 1. The molecule has 1 aliphatic rings. The largest absolute Gasteiger partial charge is 0.0837 e. The lowest BCUT2D eigenvalue weighted by molar-refractivity contribution is 0.589. The summed E-state index contributed by atoms with van der Waals surface area (Å²) in [6, 6.07) is 4.49. The van der Waals surface area contributed by atoms with Gasteiger partial charge in [0, 0.05) is 5.02 Å². The molecule has 0 N–H and O–H groups in total. The molecule has 0 heterocycles. The van der Waals surface area contributed by atoms with Crippen LogP contribution >= 0.6 is 11.6 Å². The molecule has 1 aliphatic carbocycles. The van der Waals surface area contributed by atoms with Crippen LogP contribution in [0.3, 0.4) is 0 Å². The van der Waals surface area contributed by atoms with Crippen LogP contribution < -0.4 is 0 Å². The molecule has 0 spiro atoms. The molecular formula is C14H19Cl. The van der Waals surface area contributed by atoms with Crippen LogP contribution in [0, 0.1) is 6.92 Å². The fourth-order valence-electron chi connectivity index (χ4n) is 2.12. The van der Waals surface area contributed by atoms with E-state index in [1.165, 1.54) is 29.5 Å². The minimum atomic E-state index is 0.143. The Bertz CT molecular complexity index is 381. The van der Waals surface area contributed by atoms with Gasteiger partial charge in [-0.2, -0.15) is 0 Å². The Morgan fingerprint density at radius 3 is 2.27 bits per heavy atom. The SMILES string of the molecule is Cc1c(C2CC2)ccc(C(C)(C)C)c1Cl. The molecule has 1 aromatic rings. The van der Waals surface area contributed by atoms with Crippen molar-refractivity contribution >= 4 is 11.6 Å². The van der Waals surface area contributed by atoms with Gasteiger partial charge in [0.1, 0.15) is 0 Å². The molecule has 1 saturated carbocycles. The summed E-state index contributed by atoms with van der Waals surface area (Å²) >= 11 is 6.45. The summed E-state index contributed by atoms with van der Waals surface area (Å²) in [5.41, 5.74) is 4.18. The van der Waals surface area contributed by atoms with Crippen molar-refractivity contribution in [2.75, 3.05) is 0 Å². The van der Waals surface area contributed by atoms with Gasteiger partial charge < -0.3 is 0 Å². The van der Waals surface area contributed by atoms with E-state index in [4.69, 9.17) is 11.6 Å². The standard InChI is InChI=1S/C14H19Cl/c1-9-11(10-5-6-10)7-8-12(13(9)15)14(2,3)4/h7-8,10H,5-6H2,1-4H3. The zero-order chi connectivity index (χ0) is 11.2. The molecule has 0 bridgehead atoms. The Morgan fingerprint density at radius 1 is 1.20 bits per heavy atom. The van der Waals surface area contributed by atoms with E-state index in [0.717, 1.165) is 10.9 Å². The fourth-order valence-corrected chi connectivity index (χ4v) is 2.57. The Hall–Kier alpha value is -0.490. The Labute approximate surface area is 97.6 Å². The van der Waals surface area contributed by atoms with Crippen LogP contribution in [-0.2, 0) is 5.41 Å². The summed E-state index contributed by atoms with van der Waals surface area (Å²) in [6.45, 7) is 8.80. The van der Waals surface area contributed by atoms with Crippen molar-refractivity contribution in [3.8, 4) is 0 Å². The van der Waals surface area contributed by atoms with Crippen LogP contribution in [0.25, 0.3) is 0 Å². The first-order chi connectivity index (χ1) is 6.91. The maximum Gasteiger partial charge on any atom is 0.0475 e. The molecule has 1 heteroatoms. The van der Waals surface area contributed by atoms with Crippen LogP contribution in [0.15, 0.2) is 12.1 Å². The second kappa shape index (κ2) is 3.52. The van der Waals surface area contributed by atoms with Crippen LogP contribution in [0.4, 0.5) is 0 Å². The quantitative estimate of drug-likeness (QED) is 0.639. The summed E-state index contributed by atoms with van der Waals surface area (Å²) < 4.78 is 0. The highest BCUT2D eigenvalue weighted by Gasteiger charge is 2.27. The molecule has 0 radical (unpaired) electrons. The highest BCUT2D eigenvalue weighted by Crippen LogP contribution is 2.44. The van der Waals surface area contributed by atoms with E-state index in [2.05, 4.69) is 39.8 Å². The highest BCUT2D eigenvalue weighted by molar-refractivity contribution is 6.32. The summed E-state index contributed by atoms with van der Waals surface area (Å²) in [4.78, 5) is 0. The minimum Gasteiger partial charge on any atom is -0.0837 e. The van der Waals surface area contributed by atoms with E-state index < -0.39 is 0 Å². The van der Waals surface area contributed by atoms with E-state index in [1.54, 1.807) is 0 Å². The third kappa shape index (κ3) is 2.06. The Kier molecular flexibility index (Phi) is 2.58. The average molecular weight is 223 g/mol. The molecule has 15 heavy (non-hydrogen) atoms. The Morgan fingerprint density at radius 2 is 1.80 bits per heavy atom. The van der Waals surface area contributed by atoms with Gasteiger partial charge in [-0.25, -0.2) is 0 Å². The Balaban J connectivity index is 2.48. The lowest BCUT2D eigenvalue weighted by atomic mass is 9.84. The number of benzene rings is 1. The summed E-state index contributed by atoms with van der Waals surface area (Å²) in [6.07, 6.45) is 2.68. The van der Waals surface area contributed by atoms with Gasteiger partial charge >= 0.3 is 0 Å². The van der Waals surface area contributed by atoms with Gasteiger partial charge in [0.2, 0.25) is 0 Å². The number of halogens is 1. The van der Waals surface area contributed by atoms with E-state index in [1.807, 2.05) is 0 Å². The molecule has 0 nitrogen and oxygen atoms in total. The van der Waals surface area contributed by atoms with Crippen LogP contribution in [-0.4, -0.2) is 0 Å². The third-order valence-electron chi connectivity index (χ3n) is 3.25. The van der Waals surface area contributed by atoms with Crippen molar-refractivity contribution in [3.63, 3.8) is 0 Å². The normalized spacial score (nSPS) is 16.9. The van der Waals surface area contributed by atoms with Crippen molar-refractivity contribution in [2.45, 2.75) is 51.9 Å². The van der Waals surface area contributed by atoms with Gasteiger partial charge in [0.15, 0.2) is 0 Å². The lowest BCUT2D eigenvalue weighted by Gasteiger charge is -2.23. The summed E-state index contributed by atoms with van der Waals surface area (Å²) in [5.74, 6) is 0.788.